The fraction of sp³-hybridized carbons (Fsp3) is 0.444. The molecule has 7 heteroatoms. The highest BCUT2D eigenvalue weighted by atomic mass is 16.5. The van der Waals surface area contributed by atoms with E-state index in [4.69, 9.17) is 10.4 Å². The van der Waals surface area contributed by atoms with E-state index in [1.807, 2.05) is 0 Å². The zero-order valence-electron chi connectivity index (χ0n) is 8.47. The Bertz CT molecular complexity index is 383. The summed E-state index contributed by atoms with van der Waals surface area (Å²) < 4.78 is 4.70. The van der Waals surface area contributed by atoms with Gasteiger partial charge in [-0.25, -0.2) is 5.84 Å². The molecule has 2 amide bonds. The molecular formula is C9H12N4O3. The van der Waals surface area contributed by atoms with Gasteiger partial charge in [-0.1, -0.05) is 5.16 Å². The third-order valence-electron chi connectivity index (χ3n) is 2.65. The normalized spacial score (nSPS) is 23.3. The Morgan fingerprint density at radius 2 is 2.25 bits per heavy atom. The molecule has 1 aliphatic rings. The molecule has 0 aromatic carbocycles. The molecule has 1 aromatic heterocycles. The summed E-state index contributed by atoms with van der Waals surface area (Å²) in [7, 11) is 0. The van der Waals surface area contributed by atoms with Crippen LogP contribution < -0.4 is 16.6 Å². The van der Waals surface area contributed by atoms with Crippen molar-refractivity contribution in [3.8, 4) is 0 Å². The molecule has 0 spiro atoms. The molecule has 86 valence electrons. The van der Waals surface area contributed by atoms with Crippen LogP contribution in [0.5, 0.6) is 0 Å². The van der Waals surface area contributed by atoms with E-state index < -0.39 is 0 Å². The Morgan fingerprint density at radius 3 is 2.81 bits per heavy atom. The second-order valence-electron chi connectivity index (χ2n) is 3.72. The summed E-state index contributed by atoms with van der Waals surface area (Å²) in [5, 5.41) is 6.17. The molecule has 0 unspecified atom stereocenters. The first-order chi connectivity index (χ1) is 7.70. The Labute approximate surface area is 91.3 Å². The van der Waals surface area contributed by atoms with Crippen molar-refractivity contribution < 1.29 is 14.1 Å². The minimum atomic E-state index is -0.311. The number of carbonyl (C=O) groups is 2. The van der Waals surface area contributed by atoms with E-state index in [1.54, 1.807) is 0 Å². The molecule has 0 aliphatic heterocycles. The third kappa shape index (κ3) is 2.03. The number of nitrogens with two attached hydrogens (primary N) is 1. The van der Waals surface area contributed by atoms with E-state index in [0.717, 1.165) is 0 Å². The summed E-state index contributed by atoms with van der Waals surface area (Å²) in [4.78, 5) is 22.6. The van der Waals surface area contributed by atoms with Gasteiger partial charge in [0.05, 0.1) is 6.20 Å². The van der Waals surface area contributed by atoms with E-state index in [0.29, 0.717) is 12.8 Å². The SMILES string of the molecule is NNC(=O)C1CC(NC(=O)c2ccno2)C1. The third-order valence-corrected chi connectivity index (χ3v) is 2.65. The smallest absolute Gasteiger partial charge is 0.290 e. The van der Waals surface area contributed by atoms with Gasteiger partial charge >= 0.3 is 0 Å². The molecule has 1 aromatic rings. The van der Waals surface area contributed by atoms with Crippen molar-refractivity contribution in [3.63, 3.8) is 0 Å². The summed E-state index contributed by atoms with van der Waals surface area (Å²) in [6, 6.07) is 1.48. The topological polar surface area (TPSA) is 110 Å². The number of aromatic nitrogens is 1. The number of rotatable bonds is 3. The maximum Gasteiger partial charge on any atom is 0.290 e. The maximum absolute atomic E-state index is 11.5. The first-order valence-corrected chi connectivity index (χ1v) is 4.92. The van der Waals surface area contributed by atoms with Crippen LogP contribution in [0.1, 0.15) is 23.4 Å². The van der Waals surface area contributed by atoms with Gasteiger partial charge < -0.3 is 9.84 Å². The average molecular weight is 224 g/mol. The van der Waals surface area contributed by atoms with Crippen LogP contribution in [0.2, 0.25) is 0 Å². The van der Waals surface area contributed by atoms with Gasteiger partial charge in [0.25, 0.3) is 5.91 Å². The summed E-state index contributed by atoms with van der Waals surface area (Å²) >= 11 is 0. The fourth-order valence-corrected chi connectivity index (χ4v) is 1.66. The molecule has 16 heavy (non-hydrogen) atoms. The predicted octanol–water partition coefficient (Wildman–Crippen LogP) is -0.827. The maximum atomic E-state index is 11.5. The first kappa shape index (κ1) is 10.6. The Hall–Kier alpha value is -1.89. The molecule has 0 bridgehead atoms. The van der Waals surface area contributed by atoms with Gasteiger partial charge in [-0.05, 0) is 12.8 Å². The lowest BCUT2D eigenvalue weighted by Gasteiger charge is -2.33. The van der Waals surface area contributed by atoms with E-state index >= 15 is 0 Å². The number of nitrogens with one attached hydrogen (secondary N) is 2. The van der Waals surface area contributed by atoms with Gasteiger partial charge in [0, 0.05) is 18.0 Å². The molecule has 0 radical (unpaired) electrons. The minimum absolute atomic E-state index is 0.0000926. The van der Waals surface area contributed by atoms with Crippen LogP contribution >= 0.6 is 0 Å². The Balaban J connectivity index is 1.78. The molecule has 2 rings (SSSR count). The number of nitrogens with zero attached hydrogens (tertiary/aromatic N) is 1. The molecule has 1 aliphatic carbocycles. The van der Waals surface area contributed by atoms with Gasteiger partial charge in [-0.2, -0.15) is 0 Å². The van der Waals surface area contributed by atoms with E-state index in [1.165, 1.54) is 12.3 Å². The molecule has 1 saturated carbocycles. The number of hydrazine groups is 1. The molecule has 1 heterocycles. The van der Waals surface area contributed by atoms with Crippen molar-refractivity contribution in [1.82, 2.24) is 15.9 Å². The molecule has 1 fully saturated rings. The number of hydrogen-bond acceptors (Lipinski definition) is 5. The number of amides is 2. The van der Waals surface area contributed by atoms with E-state index in [9.17, 15) is 9.59 Å². The van der Waals surface area contributed by atoms with Crippen LogP contribution in [0.15, 0.2) is 16.8 Å². The van der Waals surface area contributed by atoms with Gasteiger partial charge in [-0.3, -0.25) is 15.0 Å². The lowest BCUT2D eigenvalue weighted by Crippen LogP contribution is -2.50. The van der Waals surface area contributed by atoms with Crippen molar-refractivity contribution in [3.05, 3.63) is 18.0 Å². The minimum Gasteiger partial charge on any atom is -0.351 e. The Morgan fingerprint density at radius 1 is 1.50 bits per heavy atom. The van der Waals surface area contributed by atoms with Crippen molar-refractivity contribution in [2.75, 3.05) is 0 Å². The van der Waals surface area contributed by atoms with Crippen LogP contribution in [0.4, 0.5) is 0 Å². The molecule has 4 N–H and O–H groups in total. The van der Waals surface area contributed by atoms with Crippen LogP contribution in [0.25, 0.3) is 0 Å². The zero-order valence-corrected chi connectivity index (χ0v) is 8.47. The van der Waals surface area contributed by atoms with Gasteiger partial charge in [-0.15, -0.1) is 0 Å². The second kappa shape index (κ2) is 4.31. The van der Waals surface area contributed by atoms with Gasteiger partial charge in [0.1, 0.15) is 0 Å². The lowest BCUT2D eigenvalue weighted by atomic mass is 9.79. The quantitative estimate of drug-likeness (QED) is 0.352. The average Bonchev–Trinajstić information content (AvgIpc) is 2.74. The molecule has 7 nitrogen and oxygen atoms in total. The molecular weight excluding hydrogens is 212 g/mol. The summed E-state index contributed by atoms with van der Waals surface area (Å²) in [6.07, 6.45) is 2.60. The number of hydrogen-bond donors (Lipinski definition) is 3. The molecule has 0 atom stereocenters. The van der Waals surface area contributed by atoms with Crippen molar-refractivity contribution >= 4 is 11.8 Å². The summed E-state index contributed by atoms with van der Waals surface area (Å²) in [6.45, 7) is 0. The molecule has 0 saturated heterocycles. The highest BCUT2D eigenvalue weighted by Gasteiger charge is 2.35. The van der Waals surface area contributed by atoms with Crippen molar-refractivity contribution in [1.29, 1.82) is 0 Å². The van der Waals surface area contributed by atoms with Crippen LogP contribution in [-0.4, -0.2) is 23.0 Å². The zero-order chi connectivity index (χ0) is 11.5. The van der Waals surface area contributed by atoms with Crippen LogP contribution in [0, 0.1) is 5.92 Å². The van der Waals surface area contributed by atoms with Crippen molar-refractivity contribution in [2.24, 2.45) is 11.8 Å². The van der Waals surface area contributed by atoms with Crippen LogP contribution in [-0.2, 0) is 4.79 Å². The number of carbonyl (C=O) groups excluding carboxylic acids is 2. The van der Waals surface area contributed by atoms with E-state index in [2.05, 4.69) is 15.9 Å². The highest BCUT2D eigenvalue weighted by Crippen LogP contribution is 2.27. The van der Waals surface area contributed by atoms with Crippen LogP contribution in [0.3, 0.4) is 0 Å². The summed E-state index contributed by atoms with van der Waals surface area (Å²) in [5.41, 5.74) is 2.09. The second-order valence-corrected chi connectivity index (χ2v) is 3.72. The largest absolute Gasteiger partial charge is 0.351 e. The standard InChI is InChI=1S/C9H12N4O3/c10-13-8(14)5-3-6(4-5)12-9(15)7-1-2-11-16-7/h1-2,5-6H,3-4,10H2,(H,12,15)(H,13,14). The summed E-state index contributed by atoms with van der Waals surface area (Å²) in [5.74, 6) is 4.56. The van der Waals surface area contributed by atoms with E-state index in [-0.39, 0.29) is 29.5 Å². The Kier molecular flexibility index (Phi) is 2.86. The van der Waals surface area contributed by atoms with Crippen molar-refractivity contribution in [2.45, 2.75) is 18.9 Å². The highest BCUT2D eigenvalue weighted by molar-refractivity contribution is 5.91. The van der Waals surface area contributed by atoms with Gasteiger partial charge in [0.2, 0.25) is 11.7 Å². The first-order valence-electron chi connectivity index (χ1n) is 4.92. The monoisotopic (exact) mass is 224 g/mol. The van der Waals surface area contributed by atoms with Gasteiger partial charge in [0.15, 0.2) is 0 Å². The lowest BCUT2D eigenvalue weighted by molar-refractivity contribution is -0.128. The predicted molar refractivity (Wildman–Crippen MR) is 52.8 cm³/mol. The fourth-order valence-electron chi connectivity index (χ4n) is 1.66.